The van der Waals surface area contributed by atoms with Crippen molar-refractivity contribution in [3.63, 3.8) is 0 Å². The number of aromatic nitrogens is 3. The number of nitrogens with two attached hydrogens (primary N) is 1. The summed E-state index contributed by atoms with van der Waals surface area (Å²) in [5.41, 5.74) is 10.5. The van der Waals surface area contributed by atoms with Crippen LogP contribution in [0.4, 0.5) is 10.2 Å². The van der Waals surface area contributed by atoms with E-state index in [-0.39, 0.29) is 23.6 Å². The second-order valence-electron chi connectivity index (χ2n) is 10.0. The third kappa shape index (κ3) is 4.36. The first-order chi connectivity index (χ1) is 19.9. The number of nitrogens with zero attached hydrogens (tertiary/aromatic N) is 7. The van der Waals surface area contributed by atoms with Crippen molar-refractivity contribution in [3.05, 3.63) is 89.3 Å². The van der Waals surface area contributed by atoms with Crippen LogP contribution < -0.4 is 10.6 Å². The number of carbonyl (C=O) groups is 1. The molecule has 7 rings (SSSR count). The van der Waals surface area contributed by atoms with Gasteiger partial charge in [-0.05, 0) is 42.8 Å². The summed E-state index contributed by atoms with van der Waals surface area (Å²) in [6, 6.07) is 12.4. The largest absolute Gasteiger partial charge is 0.404 e. The fraction of sp³-hybridized carbons (Fsp3) is 0.194. The highest BCUT2D eigenvalue weighted by Crippen LogP contribution is 2.36. The molecule has 0 radical (unpaired) electrons. The van der Waals surface area contributed by atoms with Crippen LogP contribution in [0, 0.1) is 29.5 Å². The van der Waals surface area contributed by atoms with Gasteiger partial charge in [-0.1, -0.05) is 5.92 Å². The highest BCUT2D eigenvalue weighted by molar-refractivity contribution is 6.10. The highest BCUT2D eigenvalue weighted by atomic mass is 19.1. The molecule has 202 valence electrons. The Morgan fingerprint density at radius 3 is 2.61 bits per heavy atom. The van der Waals surface area contributed by atoms with Crippen LogP contribution >= 0.6 is 0 Å². The molecule has 9 nitrogen and oxygen atoms in total. The number of aliphatic imine (C=N–C) groups is 1. The molecule has 41 heavy (non-hydrogen) atoms. The maximum atomic E-state index is 14.2. The quantitative estimate of drug-likeness (QED) is 0.304. The van der Waals surface area contributed by atoms with Gasteiger partial charge in [0, 0.05) is 72.8 Å². The average molecular weight is 545 g/mol. The summed E-state index contributed by atoms with van der Waals surface area (Å²) in [7, 11) is 1.67. The normalized spacial score (nSPS) is 18.3. The summed E-state index contributed by atoms with van der Waals surface area (Å²) in [5.74, 6) is 2.32. The predicted octanol–water partition coefficient (Wildman–Crippen LogP) is 3.49. The van der Waals surface area contributed by atoms with Crippen LogP contribution in [0.1, 0.15) is 33.5 Å². The molecule has 3 saturated heterocycles. The number of nitriles is 1. The van der Waals surface area contributed by atoms with Gasteiger partial charge in [0.15, 0.2) is 0 Å². The molecule has 1 amide bonds. The van der Waals surface area contributed by atoms with Crippen molar-refractivity contribution in [3.8, 4) is 29.5 Å². The van der Waals surface area contributed by atoms with Gasteiger partial charge in [-0.3, -0.25) is 9.79 Å². The molecule has 0 spiro atoms. The molecule has 10 heteroatoms. The maximum absolute atomic E-state index is 14.2. The number of piperidine rings is 1. The van der Waals surface area contributed by atoms with Gasteiger partial charge < -0.3 is 15.5 Å². The van der Waals surface area contributed by atoms with Crippen LogP contribution in [-0.4, -0.2) is 63.8 Å². The van der Waals surface area contributed by atoms with Gasteiger partial charge in [-0.25, -0.2) is 13.9 Å². The van der Waals surface area contributed by atoms with Crippen molar-refractivity contribution in [2.75, 3.05) is 25.0 Å². The van der Waals surface area contributed by atoms with Crippen LogP contribution in [0.2, 0.25) is 0 Å². The summed E-state index contributed by atoms with van der Waals surface area (Å²) in [4.78, 5) is 26.0. The first-order valence-corrected chi connectivity index (χ1v) is 13.0. The molecule has 2 N–H and O–H groups in total. The second-order valence-corrected chi connectivity index (χ2v) is 10.0. The number of hydrogen-bond donors (Lipinski definition) is 1. The minimum Gasteiger partial charge on any atom is -0.404 e. The lowest BCUT2D eigenvalue weighted by Crippen LogP contribution is -2.70. The van der Waals surface area contributed by atoms with Crippen LogP contribution in [0.3, 0.4) is 0 Å². The topological polar surface area (TPSA) is 116 Å². The second kappa shape index (κ2) is 10.2. The Labute approximate surface area is 236 Å². The number of benzene rings is 1. The van der Waals surface area contributed by atoms with E-state index in [1.54, 1.807) is 30.0 Å². The number of amides is 1. The molecule has 3 aliphatic heterocycles. The number of anilines is 1. The van der Waals surface area contributed by atoms with Gasteiger partial charge in [0.05, 0.1) is 34.9 Å². The third-order valence-corrected chi connectivity index (χ3v) is 7.70. The van der Waals surface area contributed by atoms with Crippen LogP contribution in [0.15, 0.2) is 66.2 Å². The molecule has 2 atom stereocenters. The van der Waals surface area contributed by atoms with E-state index < -0.39 is 5.82 Å². The monoisotopic (exact) mass is 544 g/mol. The van der Waals surface area contributed by atoms with Crippen LogP contribution in [0.5, 0.6) is 0 Å². The fourth-order valence-corrected chi connectivity index (χ4v) is 5.71. The lowest BCUT2D eigenvalue weighted by Gasteiger charge is -2.56. The molecule has 3 aliphatic rings. The Kier molecular flexibility index (Phi) is 6.44. The molecule has 3 fully saturated rings. The Hall–Kier alpha value is -5.48. The van der Waals surface area contributed by atoms with Crippen LogP contribution in [-0.2, 0) is 0 Å². The number of allylic oxidation sites excluding steroid dienone is 1. The number of fused-ring (bicyclic) bond motifs is 3. The van der Waals surface area contributed by atoms with E-state index in [0.717, 1.165) is 34.5 Å². The van der Waals surface area contributed by atoms with Gasteiger partial charge >= 0.3 is 0 Å². The molecule has 2 unspecified atom stereocenters. The first kappa shape index (κ1) is 25.8. The zero-order valence-corrected chi connectivity index (χ0v) is 22.2. The van der Waals surface area contributed by atoms with E-state index in [1.165, 1.54) is 24.5 Å². The van der Waals surface area contributed by atoms with E-state index in [1.807, 2.05) is 29.3 Å². The van der Waals surface area contributed by atoms with Gasteiger partial charge in [0.1, 0.15) is 17.7 Å². The SMILES string of the molecule is C#Cc1ccc(C(=O)N2C3CC2CN(c2ccc(-c4cc(C(C=NC)=CN)cn5ncc(C#N)c45)cn2)C3)cc1F. The maximum Gasteiger partial charge on any atom is 0.254 e. The number of piperazine rings is 1. The zero-order valence-electron chi connectivity index (χ0n) is 22.2. The average Bonchev–Trinajstić information content (AvgIpc) is 3.42. The van der Waals surface area contributed by atoms with Gasteiger partial charge in [-0.15, -0.1) is 6.42 Å². The fourth-order valence-electron chi connectivity index (χ4n) is 5.71. The smallest absolute Gasteiger partial charge is 0.254 e. The lowest BCUT2D eigenvalue weighted by atomic mass is 9.86. The molecule has 1 aromatic carbocycles. The summed E-state index contributed by atoms with van der Waals surface area (Å²) < 4.78 is 15.9. The summed E-state index contributed by atoms with van der Waals surface area (Å²) in [6.07, 6.45) is 14.5. The lowest BCUT2D eigenvalue weighted by molar-refractivity contribution is 0.00573. The number of terminal acetylenes is 1. The van der Waals surface area contributed by atoms with Gasteiger partial charge in [0.2, 0.25) is 0 Å². The third-order valence-electron chi connectivity index (χ3n) is 7.70. The number of rotatable bonds is 5. The first-order valence-electron chi connectivity index (χ1n) is 13.0. The molecular formula is C31H25FN8O. The summed E-state index contributed by atoms with van der Waals surface area (Å²) in [6.45, 7) is 1.25. The van der Waals surface area contributed by atoms with E-state index in [9.17, 15) is 14.4 Å². The number of halogens is 1. The Balaban J connectivity index is 1.25. The van der Waals surface area contributed by atoms with Crippen molar-refractivity contribution in [1.82, 2.24) is 19.5 Å². The molecule has 3 aromatic heterocycles. The summed E-state index contributed by atoms with van der Waals surface area (Å²) >= 11 is 0. The summed E-state index contributed by atoms with van der Waals surface area (Å²) in [5, 5.41) is 14.1. The minimum absolute atomic E-state index is 0.0149. The molecule has 2 bridgehead atoms. The van der Waals surface area contributed by atoms with Gasteiger partial charge in [0.25, 0.3) is 5.91 Å². The number of carbonyl (C=O) groups excluding carboxylic acids is 1. The van der Waals surface area contributed by atoms with Gasteiger partial charge in [-0.2, -0.15) is 10.4 Å². The predicted molar refractivity (Wildman–Crippen MR) is 155 cm³/mol. The molecule has 0 saturated carbocycles. The zero-order chi connectivity index (χ0) is 28.7. The Morgan fingerprint density at radius 1 is 1.17 bits per heavy atom. The van der Waals surface area contributed by atoms with E-state index >= 15 is 0 Å². The number of pyridine rings is 2. The van der Waals surface area contributed by atoms with E-state index in [2.05, 4.69) is 27.0 Å². The van der Waals surface area contributed by atoms with E-state index in [0.29, 0.717) is 29.7 Å². The molecule has 6 heterocycles. The standard InChI is InChI=1S/C31H25FN8O/c1-3-19-4-5-20(9-28(19)32)31(41)40-25-10-26(40)18-38(17-25)29-7-6-21(14-36-29)27-8-22(23(11-33)13-35-2)16-39-30(27)24(12-34)15-37-39/h1,4-9,11,13-16,25-26H,10,17-18,33H2,2H3. The van der Waals surface area contributed by atoms with Crippen molar-refractivity contribution in [1.29, 1.82) is 5.26 Å². The van der Waals surface area contributed by atoms with E-state index in [4.69, 9.17) is 17.1 Å². The Morgan fingerprint density at radius 2 is 1.98 bits per heavy atom. The van der Waals surface area contributed by atoms with Crippen molar-refractivity contribution in [2.24, 2.45) is 10.7 Å². The molecule has 0 aliphatic carbocycles. The van der Waals surface area contributed by atoms with Crippen LogP contribution in [0.25, 0.3) is 22.2 Å². The minimum atomic E-state index is -0.565. The highest BCUT2D eigenvalue weighted by Gasteiger charge is 2.47. The molecule has 4 aromatic rings. The molecular weight excluding hydrogens is 519 g/mol. The Bertz CT molecular complexity index is 1810. The van der Waals surface area contributed by atoms with Crippen molar-refractivity contribution < 1.29 is 9.18 Å². The van der Waals surface area contributed by atoms with Crippen molar-refractivity contribution >= 4 is 29.0 Å². The number of hydrogen-bond acceptors (Lipinski definition) is 7. The van der Waals surface area contributed by atoms with Crippen molar-refractivity contribution in [2.45, 2.75) is 18.5 Å².